The summed E-state index contributed by atoms with van der Waals surface area (Å²) < 4.78 is 1.90. The predicted molar refractivity (Wildman–Crippen MR) is 103 cm³/mol. The molecule has 1 aromatic carbocycles. The summed E-state index contributed by atoms with van der Waals surface area (Å²) in [7, 11) is 1.95. The molecule has 0 spiro atoms. The maximum absolute atomic E-state index is 12.5. The Hall–Kier alpha value is -1.66. The quantitative estimate of drug-likeness (QED) is 0.753. The van der Waals surface area contributed by atoms with Gasteiger partial charge in [0.25, 0.3) is 0 Å². The molecular formula is C18H23ClN4OS. The number of nitrogens with one attached hydrogen (secondary N) is 2. The Balaban J connectivity index is 1.72. The van der Waals surface area contributed by atoms with E-state index in [2.05, 4.69) is 29.6 Å². The average molecular weight is 379 g/mol. The lowest BCUT2D eigenvalue weighted by atomic mass is 9.93. The van der Waals surface area contributed by atoms with Crippen LogP contribution in [0.1, 0.15) is 44.0 Å². The van der Waals surface area contributed by atoms with Crippen LogP contribution in [0, 0.1) is 0 Å². The number of halogens is 1. The lowest BCUT2D eigenvalue weighted by molar-refractivity contribution is 0.247. The normalized spacial score (nSPS) is 16.6. The van der Waals surface area contributed by atoms with Gasteiger partial charge in [0.15, 0.2) is 0 Å². The number of urea groups is 1. The molecule has 1 aliphatic rings. The molecule has 3 rings (SSSR count). The van der Waals surface area contributed by atoms with Crippen LogP contribution in [0.3, 0.4) is 0 Å². The first kappa shape index (κ1) is 18.1. The molecule has 1 aromatic heterocycles. The van der Waals surface area contributed by atoms with E-state index in [0.29, 0.717) is 10.3 Å². The molecule has 0 fully saturated rings. The van der Waals surface area contributed by atoms with E-state index in [-0.39, 0.29) is 12.1 Å². The Morgan fingerprint density at radius 1 is 1.44 bits per heavy atom. The molecule has 25 heavy (non-hydrogen) atoms. The van der Waals surface area contributed by atoms with Crippen LogP contribution in [0.4, 0.5) is 10.5 Å². The van der Waals surface area contributed by atoms with Crippen LogP contribution in [0.25, 0.3) is 0 Å². The van der Waals surface area contributed by atoms with E-state index >= 15 is 0 Å². The summed E-state index contributed by atoms with van der Waals surface area (Å²) in [6.07, 6.45) is 4.84. The number of nitrogens with zero attached hydrogens (tertiary/aromatic N) is 2. The lowest BCUT2D eigenvalue weighted by Crippen LogP contribution is -2.34. The van der Waals surface area contributed by atoms with E-state index < -0.39 is 0 Å². The molecule has 1 aliphatic carbocycles. The minimum Gasteiger partial charge on any atom is -0.331 e. The Kier molecular flexibility index (Phi) is 5.59. The molecule has 2 aromatic rings. The highest BCUT2D eigenvalue weighted by atomic mass is 35.5. The fourth-order valence-corrected chi connectivity index (χ4v) is 4.19. The van der Waals surface area contributed by atoms with E-state index in [1.165, 1.54) is 5.69 Å². The van der Waals surface area contributed by atoms with Crippen molar-refractivity contribution < 1.29 is 4.79 Å². The number of amides is 2. The summed E-state index contributed by atoms with van der Waals surface area (Å²) in [5, 5.41) is 11.4. The van der Waals surface area contributed by atoms with Crippen molar-refractivity contribution in [3.05, 3.63) is 40.7 Å². The van der Waals surface area contributed by atoms with Crippen molar-refractivity contribution in [1.29, 1.82) is 0 Å². The number of aryl methyl sites for hydroxylation is 1. The smallest absolute Gasteiger partial charge is 0.319 e. The van der Waals surface area contributed by atoms with Crippen LogP contribution in [0.15, 0.2) is 29.3 Å². The second-order valence-corrected chi connectivity index (χ2v) is 8.58. The first-order valence-corrected chi connectivity index (χ1v) is 9.74. The zero-order valence-electron chi connectivity index (χ0n) is 14.7. The number of hydrogen-bond acceptors (Lipinski definition) is 3. The zero-order chi connectivity index (χ0) is 18.0. The summed E-state index contributed by atoms with van der Waals surface area (Å²) >= 11 is 7.81. The van der Waals surface area contributed by atoms with Gasteiger partial charge in [0.05, 0.1) is 17.9 Å². The van der Waals surface area contributed by atoms with Crippen LogP contribution >= 0.6 is 23.4 Å². The molecule has 0 saturated carbocycles. The standard InChI is InChI=1S/C18H23ClN4OS/c1-11(2)25-17-8-7-12(19)9-15(17)22-18(24)21-14-5-4-6-16-13(14)10-20-23(16)3/h7-11,14H,4-6H2,1-3H3,(H2,21,22,24). The number of benzene rings is 1. The van der Waals surface area contributed by atoms with Gasteiger partial charge in [-0.05, 0) is 37.5 Å². The van der Waals surface area contributed by atoms with Crippen molar-refractivity contribution in [2.75, 3.05) is 5.32 Å². The van der Waals surface area contributed by atoms with Gasteiger partial charge in [0, 0.05) is 33.5 Å². The Morgan fingerprint density at radius 3 is 3.00 bits per heavy atom. The number of thioether (sulfide) groups is 1. The SMILES string of the molecule is CC(C)Sc1ccc(Cl)cc1NC(=O)NC1CCCc2c1cnn2C. The predicted octanol–water partition coefficient (Wildman–Crippen LogP) is 4.77. The van der Waals surface area contributed by atoms with Gasteiger partial charge in [-0.2, -0.15) is 5.10 Å². The minimum absolute atomic E-state index is 0.00200. The molecule has 7 heteroatoms. The third-order valence-electron chi connectivity index (χ3n) is 4.23. The van der Waals surface area contributed by atoms with E-state index in [9.17, 15) is 4.79 Å². The number of carbonyl (C=O) groups excluding carboxylic acids is 1. The summed E-state index contributed by atoms with van der Waals surface area (Å²) in [5.41, 5.74) is 3.06. The molecule has 134 valence electrons. The van der Waals surface area contributed by atoms with Gasteiger partial charge in [-0.1, -0.05) is 25.4 Å². The summed E-state index contributed by atoms with van der Waals surface area (Å²) in [5.74, 6) is 0. The number of anilines is 1. The zero-order valence-corrected chi connectivity index (χ0v) is 16.2. The van der Waals surface area contributed by atoms with Crippen molar-refractivity contribution in [2.45, 2.75) is 49.3 Å². The molecule has 2 amide bonds. The molecule has 2 N–H and O–H groups in total. The maximum Gasteiger partial charge on any atom is 0.319 e. The summed E-state index contributed by atoms with van der Waals surface area (Å²) in [6, 6.07) is 5.37. The van der Waals surface area contributed by atoms with Gasteiger partial charge < -0.3 is 10.6 Å². The topological polar surface area (TPSA) is 59.0 Å². The number of carbonyl (C=O) groups is 1. The van der Waals surface area contributed by atoms with E-state index in [4.69, 9.17) is 11.6 Å². The number of rotatable bonds is 4. The molecule has 1 unspecified atom stereocenters. The highest BCUT2D eigenvalue weighted by Gasteiger charge is 2.25. The van der Waals surface area contributed by atoms with Gasteiger partial charge in [-0.15, -0.1) is 11.8 Å². The van der Waals surface area contributed by atoms with Gasteiger partial charge in [-0.25, -0.2) is 4.79 Å². The first-order valence-electron chi connectivity index (χ1n) is 8.48. The fourth-order valence-electron chi connectivity index (χ4n) is 3.13. The second kappa shape index (κ2) is 7.70. The molecule has 0 saturated heterocycles. The Bertz CT molecular complexity index is 774. The highest BCUT2D eigenvalue weighted by Crippen LogP contribution is 2.33. The molecular weight excluding hydrogens is 356 g/mol. The van der Waals surface area contributed by atoms with Crippen LogP contribution < -0.4 is 10.6 Å². The fraction of sp³-hybridized carbons (Fsp3) is 0.444. The van der Waals surface area contributed by atoms with Crippen molar-refractivity contribution in [3.8, 4) is 0 Å². The number of fused-ring (bicyclic) bond motifs is 1. The van der Waals surface area contributed by atoms with Gasteiger partial charge in [-0.3, -0.25) is 4.68 Å². The van der Waals surface area contributed by atoms with Crippen LogP contribution in [0.2, 0.25) is 5.02 Å². The molecule has 1 atom stereocenters. The molecule has 5 nitrogen and oxygen atoms in total. The largest absolute Gasteiger partial charge is 0.331 e. The third kappa shape index (κ3) is 4.30. The van der Waals surface area contributed by atoms with Gasteiger partial charge >= 0.3 is 6.03 Å². The number of hydrogen-bond donors (Lipinski definition) is 2. The third-order valence-corrected chi connectivity index (χ3v) is 5.55. The Labute approximate surface area is 157 Å². The monoisotopic (exact) mass is 378 g/mol. The molecule has 0 bridgehead atoms. The van der Waals surface area contributed by atoms with Gasteiger partial charge in [0.2, 0.25) is 0 Å². The Morgan fingerprint density at radius 2 is 2.24 bits per heavy atom. The molecule has 0 aliphatic heterocycles. The van der Waals surface area contributed by atoms with Crippen LogP contribution in [-0.2, 0) is 13.5 Å². The second-order valence-electron chi connectivity index (χ2n) is 6.52. The first-order chi connectivity index (χ1) is 11.9. The van der Waals surface area contributed by atoms with E-state index in [1.54, 1.807) is 17.8 Å². The summed E-state index contributed by atoms with van der Waals surface area (Å²) in [4.78, 5) is 13.6. The van der Waals surface area contributed by atoms with Crippen molar-refractivity contribution in [2.24, 2.45) is 7.05 Å². The van der Waals surface area contributed by atoms with E-state index in [0.717, 1.165) is 35.4 Å². The minimum atomic E-state index is -0.213. The van der Waals surface area contributed by atoms with Crippen molar-refractivity contribution in [3.63, 3.8) is 0 Å². The average Bonchev–Trinajstić information content (AvgIpc) is 2.92. The van der Waals surface area contributed by atoms with E-state index in [1.807, 2.05) is 30.1 Å². The highest BCUT2D eigenvalue weighted by molar-refractivity contribution is 8.00. The van der Waals surface area contributed by atoms with Crippen LogP contribution in [-0.4, -0.2) is 21.1 Å². The van der Waals surface area contributed by atoms with Crippen molar-refractivity contribution in [1.82, 2.24) is 15.1 Å². The lowest BCUT2D eigenvalue weighted by Gasteiger charge is -2.24. The summed E-state index contributed by atoms with van der Waals surface area (Å²) in [6.45, 7) is 4.24. The molecule has 1 heterocycles. The number of aromatic nitrogens is 2. The maximum atomic E-state index is 12.5. The van der Waals surface area contributed by atoms with Crippen molar-refractivity contribution >= 4 is 35.1 Å². The van der Waals surface area contributed by atoms with Crippen LogP contribution in [0.5, 0.6) is 0 Å². The molecule has 0 radical (unpaired) electrons. The van der Waals surface area contributed by atoms with Gasteiger partial charge in [0.1, 0.15) is 0 Å².